The first-order chi connectivity index (χ1) is 7.10. The van der Waals surface area contributed by atoms with E-state index in [-0.39, 0.29) is 0 Å². The quantitative estimate of drug-likeness (QED) is 0.819. The van der Waals surface area contributed by atoms with Crippen molar-refractivity contribution >= 4 is 11.6 Å². The molecule has 0 radical (unpaired) electrons. The summed E-state index contributed by atoms with van der Waals surface area (Å²) in [6, 6.07) is 5.80. The molecule has 0 spiro atoms. The van der Waals surface area contributed by atoms with E-state index in [9.17, 15) is 5.11 Å². The van der Waals surface area contributed by atoms with Gasteiger partial charge < -0.3 is 5.11 Å². The number of benzene rings is 1. The molecule has 0 aromatic heterocycles. The van der Waals surface area contributed by atoms with Crippen molar-refractivity contribution in [2.45, 2.75) is 39.7 Å². The van der Waals surface area contributed by atoms with Gasteiger partial charge in [0.05, 0.1) is 6.10 Å². The zero-order chi connectivity index (χ0) is 11.4. The van der Waals surface area contributed by atoms with Gasteiger partial charge in [-0.3, -0.25) is 0 Å². The molecule has 0 fully saturated rings. The largest absolute Gasteiger partial charge is 0.388 e. The number of hydrogen-bond donors (Lipinski definition) is 1. The highest BCUT2D eigenvalue weighted by atomic mass is 35.5. The lowest BCUT2D eigenvalue weighted by Crippen LogP contribution is -2.10. The molecule has 0 amide bonds. The molecule has 0 aliphatic rings. The average molecular weight is 227 g/mol. The van der Waals surface area contributed by atoms with E-state index in [0.717, 1.165) is 29.0 Å². The van der Waals surface area contributed by atoms with E-state index in [1.165, 1.54) is 0 Å². The van der Waals surface area contributed by atoms with Crippen LogP contribution < -0.4 is 0 Å². The van der Waals surface area contributed by atoms with Crippen molar-refractivity contribution in [2.24, 2.45) is 5.92 Å². The number of aliphatic hydroxyl groups is 1. The van der Waals surface area contributed by atoms with E-state index in [0.29, 0.717) is 5.92 Å². The van der Waals surface area contributed by atoms with Crippen LogP contribution in [-0.4, -0.2) is 5.11 Å². The molecule has 1 aromatic carbocycles. The van der Waals surface area contributed by atoms with Crippen molar-refractivity contribution in [1.82, 2.24) is 0 Å². The molecule has 0 aliphatic heterocycles. The van der Waals surface area contributed by atoms with Gasteiger partial charge in [-0.1, -0.05) is 50.4 Å². The van der Waals surface area contributed by atoms with Crippen LogP contribution in [0.1, 0.15) is 43.9 Å². The third kappa shape index (κ3) is 2.96. The lowest BCUT2D eigenvalue weighted by Gasteiger charge is -2.20. The van der Waals surface area contributed by atoms with Crippen molar-refractivity contribution in [3.8, 4) is 0 Å². The second-order valence-electron chi connectivity index (χ2n) is 4.03. The Morgan fingerprint density at radius 2 is 1.87 bits per heavy atom. The summed E-state index contributed by atoms with van der Waals surface area (Å²) < 4.78 is 0. The van der Waals surface area contributed by atoms with Crippen LogP contribution in [0.25, 0.3) is 0 Å². The Kier molecular flexibility index (Phi) is 4.62. The van der Waals surface area contributed by atoms with Crippen molar-refractivity contribution in [1.29, 1.82) is 0 Å². The van der Waals surface area contributed by atoms with Gasteiger partial charge in [-0.05, 0) is 30.0 Å². The Balaban J connectivity index is 2.90. The second kappa shape index (κ2) is 5.53. The molecule has 1 rings (SSSR count). The van der Waals surface area contributed by atoms with Gasteiger partial charge >= 0.3 is 0 Å². The van der Waals surface area contributed by atoms with Gasteiger partial charge in [0.2, 0.25) is 0 Å². The topological polar surface area (TPSA) is 20.2 Å². The van der Waals surface area contributed by atoms with Crippen LogP contribution in [0, 0.1) is 12.8 Å². The van der Waals surface area contributed by atoms with E-state index < -0.39 is 6.10 Å². The van der Waals surface area contributed by atoms with E-state index in [1.54, 1.807) is 0 Å². The lowest BCUT2D eigenvalue weighted by molar-refractivity contribution is 0.103. The molecule has 0 bridgehead atoms. The number of aryl methyl sites for hydroxylation is 1. The maximum absolute atomic E-state index is 10.1. The molecule has 1 N–H and O–H groups in total. The Labute approximate surface area is 97.1 Å². The van der Waals surface area contributed by atoms with Gasteiger partial charge in [0.15, 0.2) is 0 Å². The van der Waals surface area contributed by atoms with Crippen LogP contribution in [0.2, 0.25) is 5.02 Å². The molecule has 0 aliphatic carbocycles. The lowest BCUT2D eigenvalue weighted by atomic mass is 9.91. The van der Waals surface area contributed by atoms with Crippen molar-refractivity contribution in [3.63, 3.8) is 0 Å². The molecule has 84 valence electrons. The summed E-state index contributed by atoms with van der Waals surface area (Å²) in [6.07, 6.45) is 1.59. The normalized spacial score (nSPS) is 13.2. The zero-order valence-corrected chi connectivity index (χ0v) is 10.4. The Bertz CT molecular complexity index is 318. The first-order valence-electron chi connectivity index (χ1n) is 5.54. The van der Waals surface area contributed by atoms with E-state index >= 15 is 0 Å². The van der Waals surface area contributed by atoms with Gasteiger partial charge in [0.1, 0.15) is 0 Å². The van der Waals surface area contributed by atoms with Crippen molar-refractivity contribution < 1.29 is 5.11 Å². The fourth-order valence-corrected chi connectivity index (χ4v) is 1.99. The molecule has 15 heavy (non-hydrogen) atoms. The third-order valence-corrected chi connectivity index (χ3v) is 3.44. The van der Waals surface area contributed by atoms with Crippen molar-refractivity contribution in [3.05, 3.63) is 34.3 Å². The standard InChI is InChI=1S/C13H19ClO/c1-4-10(5-2)13(15)11-7-6-9(3)12(14)8-11/h6-8,10,13,15H,4-5H2,1-3H3. The van der Waals surface area contributed by atoms with E-state index in [4.69, 9.17) is 11.6 Å². The molecule has 1 nitrogen and oxygen atoms in total. The fraction of sp³-hybridized carbons (Fsp3) is 0.538. The molecule has 0 saturated carbocycles. The van der Waals surface area contributed by atoms with E-state index in [1.807, 2.05) is 25.1 Å². The SMILES string of the molecule is CCC(CC)C(O)c1ccc(C)c(Cl)c1. The maximum Gasteiger partial charge on any atom is 0.0818 e. The van der Waals surface area contributed by atoms with Gasteiger partial charge in [-0.2, -0.15) is 0 Å². The van der Waals surface area contributed by atoms with Crippen LogP contribution >= 0.6 is 11.6 Å². The summed E-state index contributed by atoms with van der Waals surface area (Å²) >= 11 is 6.04. The first-order valence-corrected chi connectivity index (χ1v) is 5.92. The first kappa shape index (κ1) is 12.5. The number of hydrogen-bond acceptors (Lipinski definition) is 1. The minimum atomic E-state index is -0.391. The second-order valence-corrected chi connectivity index (χ2v) is 4.44. The summed E-state index contributed by atoms with van der Waals surface area (Å²) in [5.74, 6) is 0.323. The molecular formula is C13H19ClO. The minimum absolute atomic E-state index is 0.323. The molecule has 2 heteroatoms. The highest BCUT2D eigenvalue weighted by Crippen LogP contribution is 2.29. The summed E-state index contributed by atoms with van der Waals surface area (Å²) in [6.45, 7) is 6.18. The number of rotatable bonds is 4. The monoisotopic (exact) mass is 226 g/mol. The molecule has 0 saturated heterocycles. The van der Waals surface area contributed by atoms with E-state index in [2.05, 4.69) is 13.8 Å². The number of halogens is 1. The van der Waals surface area contributed by atoms with Crippen LogP contribution in [0.4, 0.5) is 0 Å². The maximum atomic E-state index is 10.1. The van der Waals surface area contributed by atoms with Crippen molar-refractivity contribution in [2.75, 3.05) is 0 Å². The summed E-state index contributed by atoms with van der Waals surface area (Å²) in [5.41, 5.74) is 1.98. The van der Waals surface area contributed by atoms with Gasteiger partial charge in [-0.25, -0.2) is 0 Å². The van der Waals surface area contributed by atoms with Gasteiger partial charge in [-0.15, -0.1) is 0 Å². The highest BCUT2D eigenvalue weighted by molar-refractivity contribution is 6.31. The predicted octanol–water partition coefficient (Wildman–Crippen LogP) is 4.12. The summed E-state index contributed by atoms with van der Waals surface area (Å²) in [7, 11) is 0. The zero-order valence-electron chi connectivity index (χ0n) is 9.63. The molecule has 1 atom stereocenters. The summed E-state index contributed by atoms with van der Waals surface area (Å²) in [5, 5.41) is 10.9. The Morgan fingerprint density at radius 1 is 1.27 bits per heavy atom. The Morgan fingerprint density at radius 3 is 2.33 bits per heavy atom. The van der Waals surface area contributed by atoms with Gasteiger partial charge in [0, 0.05) is 5.02 Å². The van der Waals surface area contributed by atoms with Crippen LogP contribution in [-0.2, 0) is 0 Å². The Hall–Kier alpha value is -0.530. The average Bonchev–Trinajstić information content (AvgIpc) is 2.23. The smallest absolute Gasteiger partial charge is 0.0818 e. The molecule has 0 heterocycles. The number of aliphatic hydroxyl groups excluding tert-OH is 1. The minimum Gasteiger partial charge on any atom is -0.388 e. The molecule has 1 unspecified atom stereocenters. The fourth-order valence-electron chi connectivity index (χ4n) is 1.80. The predicted molar refractivity (Wildman–Crippen MR) is 65.2 cm³/mol. The summed E-state index contributed by atoms with van der Waals surface area (Å²) in [4.78, 5) is 0. The van der Waals surface area contributed by atoms with Crippen LogP contribution in [0.15, 0.2) is 18.2 Å². The van der Waals surface area contributed by atoms with Crippen LogP contribution in [0.3, 0.4) is 0 Å². The molecule has 1 aromatic rings. The van der Waals surface area contributed by atoms with Gasteiger partial charge in [0.25, 0.3) is 0 Å². The third-order valence-electron chi connectivity index (χ3n) is 3.03. The van der Waals surface area contributed by atoms with Crippen LogP contribution in [0.5, 0.6) is 0 Å². The highest BCUT2D eigenvalue weighted by Gasteiger charge is 2.17. The molecular weight excluding hydrogens is 208 g/mol.